The van der Waals surface area contributed by atoms with E-state index in [9.17, 15) is 4.79 Å². The highest BCUT2D eigenvalue weighted by molar-refractivity contribution is 8.00. The number of rotatable bonds is 6. The van der Waals surface area contributed by atoms with Crippen molar-refractivity contribution in [3.63, 3.8) is 0 Å². The summed E-state index contributed by atoms with van der Waals surface area (Å²) in [7, 11) is 0. The zero-order chi connectivity index (χ0) is 14.7. The molecule has 2 aromatic rings. The molecule has 0 spiro atoms. The van der Waals surface area contributed by atoms with Crippen molar-refractivity contribution in [3.05, 3.63) is 6.33 Å². The average molecular weight is 295 g/mol. The summed E-state index contributed by atoms with van der Waals surface area (Å²) in [5.41, 5.74) is 6.96. The number of imidazole rings is 1. The molecule has 108 valence electrons. The van der Waals surface area contributed by atoms with Gasteiger partial charge in [0.25, 0.3) is 0 Å². The molecule has 0 amide bonds. The van der Waals surface area contributed by atoms with E-state index in [1.165, 1.54) is 0 Å². The number of fused-ring (bicyclic) bond motifs is 1. The lowest BCUT2D eigenvalue weighted by Crippen LogP contribution is -2.07. The molecule has 3 N–H and O–H groups in total. The van der Waals surface area contributed by atoms with Crippen molar-refractivity contribution < 1.29 is 9.90 Å². The third kappa shape index (κ3) is 3.19. The second-order valence-electron chi connectivity index (χ2n) is 4.65. The van der Waals surface area contributed by atoms with Crippen LogP contribution in [-0.4, -0.2) is 36.3 Å². The van der Waals surface area contributed by atoms with Gasteiger partial charge in [0.1, 0.15) is 10.5 Å². The van der Waals surface area contributed by atoms with Crippen LogP contribution in [0.15, 0.2) is 11.4 Å². The minimum absolute atomic E-state index is 0.0796. The fraction of sp³-hybridized carbons (Fsp3) is 0.500. The van der Waals surface area contributed by atoms with Gasteiger partial charge in [0.05, 0.1) is 12.1 Å². The average Bonchev–Trinajstić information content (AvgIpc) is 2.79. The van der Waals surface area contributed by atoms with E-state index in [1.807, 2.05) is 4.57 Å². The molecule has 0 fully saturated rings. The molecule has 0 bridgehead atoms. The van der Waals surface area contributed by atoms with Crippen molar-refractivity contribution in [2.24, 2.45) is 5.92 Å². The Morgan fingerprint density at radius 2 is 2.30 bits per heavy atom. The number of aromatic nitrogens is 4. The number of carboxylic acid groups (broad SMARTS) is 1. The standard InChI is InChI=1S/C12H17N5O2S/c1-3-7(2)4-17-6-14-9-10(17)15-12(13)16-11(9)20-5-8(18)19/h6-7H,3-5H2,1-2H3,(H,18,19)(H2,13,15,16). The number of hydrogen-bond acceptors (Lipinski definition) is 6. The molecule has 1 atom stereocenters. The predicted molar refractivity (Wildman–Crippen MR) is 77.6 cm³/mol. The van der Waals surface area contributed by atoms with Gasteiger partial charge in [-0.1, -0.05) is 32.0 Å². The Kier molecular flexibility index (Phi) is 4.43. The van der Waals surface area contributed by atoms with Crippen molar-refractivity contribution in [1.82, 2.24) is 19.5 Å². The fourth-order valence-electron chi connectivity index (χ4n) is 1.76. The van der Waals surface area contributed by atoms with Crippen LogP contribution in [0.2, 0.25) is 0 Å². The summed E-state index contributed by atoms with van der Waals surface area (Å²) in [6.07, 6.45) is 2.76. The van der Waals surface area contributed by atoms with E-state index >= 15 is 0 Å². The van der Waals surface area contributed by atoms with Crippen LogP contribution in [0.4, 0.5) is 5.95 Å². The number of anilines is 1. The number of thioether (sulfide) groups is 1. The van der Waals surface area contributed by atoms with Crippen molar-refractivity contribution in [2.45, 2.75) is 31.8 Å². The van der Waals surface area contributed by atoms with Crippen LogP contribution >= 0.6 is 11.8 Å². The molecule has 0 aromatic carbocycles. The van der Waals surface area contributed by atoms with E-state index in [0.29, 0.717) is 22.1 Å². The number of nitrogens with two attached hydrogens (primary N) is 1. The first-order valence-electron chi connectivity index (χ1n) is 6.34. The maximum Gasteiger partial charge on any atom is 0.313 e. The zero-order valence-electron chi connectivity index (χ0n) is 11.4. The normalized spacial score (nSPS) is 12.7. The molecule has 0 aliphatic carbocycles. The molecule has 0 saturated heterocycles. The lowest BCUT2D eigenvalue weighted by Gasteiger charge is -2.10. The molecule has 2 aromatic heterocycles. The summed E-state index contributed by atoms with van der Waals surface area (Å²) in [5.74, 6) is -0.349. The van der Waals surface area contributed by atoms with Gasteiger partial charge in [-0.25, -0.2) is 9.97 Å². The Morgan fingerprint density at radius 1 is 1.55 bits per heavy atom. The highest BCUT2D eigenvalue weighted by atomic mass is 32.2. The number of aliphatic carboxylic acids is 1. The molecule has 20 heavy (non-hydrogen) atoms. The molecule has 0 radical (unpaired) electrons. The Hall–Kier alpha value is -1.83. The molecule has 0 saturated carbocycles. The second kappa shape index (κ2) is 6.08. The Labute approximate surface area is 120 Å². The summed E-state index contributed by atoms with van der Waals surface area (Å²) >= 11 is 1.10. The van der Waals surface area contributed by atoms with Gasteiger partial charge in [0.15, 0.2) is 5.65 Å². The van der Waals surface area contributed by atoms with E-state index in [2.05, 4.69) is 28.8 Å². The largest absolute Gasteiger partial charge is 0.481 e. The van der Waals surface area contributed by atoms with Crippen molar-refractivity contribution in [3.8, 4) is 0 Å². The van der Waals surface area contributed by atoms with Gasteiger partial charge in [-0.3, -0.25) is 4.79 Å². The number of hydrogen-bond donors (Lipinski definition) is 2. The minimum Gasteiger partial charge on any atom is -0.481 e. The molecule has 2 heterocycles. The summed E-state index contributed by atoms with van der Waals surface area (Å²) in [6, 6.07) is 0. The van der Waals surface area contributed by atoms with Gasteiger partial charge < -0.3 is 15.4 Å². The monoisotopic (exact) mass is 295 g/mol. The van der Waals surface area contributed by atoms with Crippen LogP contribution in [0.1, 0.15) is 20.3 Å². The van der Waals surface area contributed by atoms with E-state index in [0.717, 1.165) is 24.7 Å². The highest BCUT2D eigenvalue weighted by Crippen LogP contribution is 2.25. The maximum atomic E-state index is 10.7. The first-order chi connectivity index (χ1) is 9.51. The lowest BCUT2D eigenvalue weighted by molar-refractivity contribution is -0.133. The van der Waals surface area contributed by atoms with Crippen LogP contribution in [-0.2, 0) is 11.3 Å². The third-order valence-corrected chi connectivity index (χ3v) is 3.94. The molecule has 2 rings (SSSR count). The van der Waals surface area contributed by atoms with Gasteiger partial charge >= 0.3 is 5.97 Å². The van der Waals surface area contributed by atoms with Crippen LogP contribution in [0.3, 0.4) is 0 Å². The Bertz CT molecular complexity index is 628. The summed E-state index contributed by atoms with van der Waals surface area (Å²) in [5, 5.41) is 9.26. The summed E-state index contributed by atoms with van der Waals surface area (Å²) < 4.78 is 1.94. The van der Waals surface area contributed by atoms with Crippen LogP contribution < -0.4 is 5.73 Å². The number of carboxylic acids is 1. The number of nitrogen functional groups attached to an aromatic ring is 1. The van der Waals surface area contributed by atoms with Crippen LogP contribution in [0.25, 0.3) is 11.2 Å². The number of carbonyl (C=O) groups is 1. The van der Waals surface area contributed by atoms with Gasteiger partial charge in [-0.15, -0.1) is 0 Å². The van der Waals surface area contributed by atoms with Crippen molar-refractivity contribution >= 4 is 34.8 Å². The number of nitrogens with zero attached hydrogens (tertiary/aromatic N) is 4. The Balaban J connectivity index is 2.37. The quantitative estimate of drug-likeness (QED) is 0.616. The van der Waals surface area contributed by atoms with Gasteiger partial charge in [-0.2, -0.15) is 4.98 Å². The topological polar surface area (TPSA) is 107 Å². The van der Waals surface area contributed by atoms with Crippen molar-refractivity contribution in [1.29, 1.82) is 0 Å². The molecule has 7 nitrogen and oxygen atoms in total. The molecule has 1 unspecified atom stereocenters. The maximum absolute atomic E-state index is 10.7. The molecule has 8 heteroatoms. The van der Waals surface area contributed by atoms with Crippen molar-refractivity contribution in [2.75, 3.05) is 11.5 Å². The minimum atomic E-state index is -0.903. The van der Waals surface area contributed by atoms with Gasteiger partial charge in [0, 0.05) is 6.54 Å². The third-order valence-electron chi connectivity index (χ3n) is 2.99. The molecule has 0 aliphatic heterocycles. The molecule has 0 aliphatic rings. The van der Waals surface area contributed by atoms with Gasteiger partial charge in [0.2, 0.25) is 5.95 Å². The first kappa shape index (κ1) is 14.6. The second-order valence-corrected chi connectivity index (χ2v) is 5.62. The highest BCUT2D eigenvalue weighted by Gasteiger charge is 2.14. The lowest BCUT2D eigenvalue weighted by atomic mass is 10.1. The fourth-order valence-corrected chi connectivity index (χ4v) is 2.46. The van der Waals surface area contributed by atoms with Crippen LogP contribution in [0, 0.1) is 5.92 Å². The van der Waals surface area contributed by atoms with E-state index in [-0.39, 0.29) is 11.7 Å². The molecular formula is C12H17N5O2S. The Morgan fingerprint density at radius 3 is 2.95 bits per heavy atom. The predicted octanol–water partition coefficient (Wildman–Crippen LogP) is 1.63. The first-order valence-corrected chi connectivity index (χ1v) is 7.32. The van der Waals surface area contributed by atoms with E-state index in [1.54, 1.807) is 6.33 Å². The van der Waals surface area contributed by atoms with E-state index < -0.39 is 5.97 Å². The van der Waals surface area contributed by atoms with Crippen LogP contribution in [0.5, 0.6) is 0 Å². The molecular weight excluding hydrogens is 278 g/mol. The summed E-state index contributed by atoms with van der Waals surface area (Å²) in [6.45, 7) is 5.07. The summed E-state index contributed by atoms with van der Waals surface area (Å²) in [4.78, 5) is 23.2. The van der Waals surface area contributed by atoms with Gasteiger partial charge in [-0.05, 0) is 5.92 Å². The SMILES string of the molecule is CCC(C)Cn1cnc2c(SCC(=O)O)nc(N)nc21. The zero-order valence-corrected chi connectivity index (χ0v) is 12.2. The van der Waals surface area contributed by atoms with E-state index in [4.69, 9.17) is 10.8 Å². The smallest absolute Gasteiger partial charge is 0.313 e.